The Morgan fingerprint density at radius 2 is 1.61 bits per heavy atom. The lowest BCUT2D eigenvalue weighted by molar-refractivity contribution is -0.835. The molecule has 0 unspecified atom stereocenters. The third-order valence-electron chi connectivity index (χ3n) is 4.49. The molecule has 8 nitrogen and oxygen atoms in total. The third kappa shape index (κ3) is 4.48. The van der Waals surface area contributed by atoms with E-state index in [4.69, 9.17) is 14.5 Å². The van der Waals surface area contributed by atoms with E-state index in [9.17, 15) is 10.1 Å². The SMILES string of the molecule is COCC[NH+](CCOC)c1nc(-c2ccc([N+](=O)[O-])cc2)nc2ccccc12. The number of nitrogens with one attached hydrogen (secondary N) is 1. The maximum atomic E-state index is 10.9. The number of hydrogen-bond acceptors (Lipinski definition) is 6. The molecule has 28 heavy (non-hydrogen) atoms. The van der Waals surface area contributed by atoms with Gasteiger partial charge < -0.3 is 9.47 Å². The van der Waals surface area contributed by atoms with Gasteiger partial charge in [-0.15, -0.1) is 0 Å². The van der Waals surface area contributed by atoms with Crippen LogP contribution >= 0.6 is 0 Å². The van der Waals surface area contributed by atoms with Crippen LogP contribution in [0.15, 0.2) is 48.5 Å². The Balaban J connectivity index is 2.08. The highest BCUT2D eigenvalue weighted by Crippen LogP contribution is 2.24. The van der Waals surface area contributed by atoms with Gasteiger partial charge in [0.05, 0.1) is 29.0 Å². The number of ether oxygens (including phenoxy) is 2. The van der Waals surface area contributed by atoms with E-state index in [1.54, 1.807) is 26.4 Å². The second-order valence-electron chi connectivity index (χ2n) is 6.31. The molecule has 3 aromatic rings. The summed E-state index contributed by atoms with van der Waals surface area (Å²) in [7, 11) is 3.35. The van der Waals surface area contributed by atoms with E-state index < -0.39 is 4.92 Å². The number of benzene rings is 2. The zero-order chi connectivity index (χ0) is 19.9. The summed E-state index contributed by atoms with van der Waals surface area (Å²) in [5.74, 6) is 1.41. The number of methoxy groups -OCH3 is 2. The molecule has 146 valence electrons. The fourth-order valence-corrected chi connectivity index (χ4v) is 3.02. The molecular formula is C20H23N4O4+. The fourth-order valence-electron chi connectivity index (χ4n) is 3.02. The molecule has 1 heterocycles. The second-order valence-corrected chi connectivity index (χ2v) is 6.31. The number of nitrogens with zero attached hydrogens (tertiary/aromatic N) is 3. The number of hydrogen-bond donors (Lipinski definition) is 1. The van der Waals surface area contributed by atoms with Gasteiger partial charge in [0, 0.05) is 31.9 Å². The van der Waals surface area contributed by atoms with Crippen LogP contribution in [0.3, 0.4) is 0 Å². The van der Waals surface area contributed by atoms with E-state index in [0.29, 0.717) is 19.0 Å². The van der Waals surface area contributed by atoms with Gasteiger partial charge in [0.15, 0.2) is 5.82 Å². The summed E-state index contributed by atoms with van der Waals surface area (Å²) >= 11 is 0. The molecule has 0 aliphatic carbocycles. The molecule has 1 N–H and O–H groups in total. The fraction of sp³-hybridized carbons (Fsp3) is 0.300. The van der Waals surface area contributed by atoms with Crippen LogP contribution in [0.4, 0.5) is 11.5 Å². The van der Waals surface area contributed by atoms with Crippen molar-refractivity contribution < 1.29 is 19.3 Å². The summed E-state index contributed by atoms with van der Waals surface area (Å²) in [6, 6.07) is 14.1. The van der Waals surface area contributed by atoms with Crippen LogP contribution in [0.25, 0.3) is 22.3 Å². The largest absolute Gasteiger partial charge is 0.379 e. The number of aromatic nitrogens is 2. The van der Waals surface area contributed by atoms with Gasteiger partial charge in [0.2, 0.25) is 5.82 Å². The van der Waals surface area contributed by atoms with Crippen molar-refractivity contribution in [1.29, 1.82) is 0 Å². The standard InChI is InChI=1S/C20H22N4O4/c1-27-13-11-23(12-14-28-2)20-17-5-3-4-6-18(17)21-19(22-20)15-7-9-16(10-8-15)24(25)26/h3-10H,11-14H2,1-2H3/p+1. The van der Waals surface area contributed by atoms with Gasteiger partial charge in [-0.3, -0.25) is 15.0 Å². The van der Waals surface area contributed by atoms with Crippen LogP contribution in [0.5, 0.6) is 0 Å². The smallest absolute Gasteiger partial charge is 0.269 e. The lowest BCUT2D eigenvalue weighted by Gasteiger charge is -2.19. The highest BCUT2D eigenvalue weighted by atomic mass is 16.6. The average molecular weight is 383 g/mol. The molecule has 0 fully saturated rings. The lowest BCUT2D eigenvalue weighted by Crippen LogP contribution is -3.08. The minimum Gasteiger partial charge on any atom is -0.379 e. The Labute approximate surface area is 162 Å². The predicted octanol–water partition coefficient (Wildman–Crippen LogP) is 2.01. The molecule has 1 aromatic heterocycles. The number of non-ortho nitro benzene ring substituents is 1. The van der Waals surface area contributed by atoms with Crippen molar-refractivity contribution in [2.75, 3.05) is 40.5 Å². The van der Waals surface area contributed by atoms with E-state index in [0.717, 1.165) is 40.3 Å². The van der Waals surface area contributed by atoms with Gasteiger partial charge in [-0.25, -0.2) is 4.98 Å². The van der Waals surface area contributed by atoms with Crippen molar-refractivity contribution in [3.05, 3.63) is 58.6 Å². The first-order valence-electron chi connectivity index (χ1n) is 8.98. The first-order chi connectivity index (χ1) is 13.6. The first kappa shape index (κ1) is 19.8. The minimum absolute atomic E-state index is 0.0391. The maximum Gasteiger partial charge on any atom is 0.269 e. The number of para-hydroxylation sites is 1. The Hall–Kier alpha value is -2.94. The Morgan fingerprint density at radius 3 is 2.21 bits per heavy atom. The first-order valence-corrected chi connectivity index (χ1v) is 8.98. The Morgan fingerprint density at radius 1 is 0.964 bits per heavy atom. The van der Waals surface area contributed by atoms with Crippen molar-refractivity contribution in [3.8, 4) is 11.4 Å². The zero-order valence-corrected chi connectivity index (χ0v) is 15.9. The highest BCUT2D eigenvalue weighted by molar-refractivity contribution is 5.87. The molecule has 0 spiro atoms. The van der Waals surface area contributed by atoms with Crippen LogP contribution in [0.2, 0.25) is 0 Å². The van der Waals surface area contributed by atoms with Gasteiger partial charge in [-0.05, 0) is 24.3 Å². The molecule has 3 rings (SSSR count). The topological polar surface area (TPSA) is 91.8 Å². The van der Waals surface area contributed by atoms with E-state index in [1.165, 1.54) is 12.1 Å². The van der Waals surface area contributed by atoms with Crippen molar-refractivity contribution in [2.45, 2.75) is 0 Å². The molecule has 0 amide bonds. The zero-order valence-electron chi connectivity index (χ0n) is 15.9. The maximum absolute atomic E-state index is 10.9. The van der Waals surface area contributed by atoms with Crippen LogP contribution < -0.4 is 4.90 Å². The second kappa shape index (κ2) is 9.32. The van der Waals surface area contributed by atoms with Crippen LogP contribution in [0, 0.1) is 10.1 Å². The molecule has 8 heteroatoms. The average Bonchev–Trinajstić information content (AvgIpc) is 2.73. The summed E-state index contributed by atoms with van der Waals surface area (Å²) in [6.45, 7) is 2.65. The minimum atomic E-state index is -0.419. The summed E-state index contributed by atoms with van der Waals surface area (Å²) in [5.41, 5.74) is 1.60. The third-order valence-corrected chi connectivity index (χ3v) is 4.49. The highest BCUT2D eigenvalue weighted by Gasteiger charge is 2.20. The summed E-state index contributed by atoms with van der Waals surface area (Å²) in [5, 5.41) is 11.9. The molecule has 0 saturated heterocycles. The van der Waals surface area contributed by atoms with Crippen LogP contribution in [-0.2, 0) is 9.47 Å². The van der Waals surface area contributed by atoms with Gasteiger partial charge in [0.1, 0.15) is 13.1 Å². The molecule has 0 aliphatic rings. The monoisotopic (exact) mass is 383 g/mol. The Kier molecular flexibility index (Phi) is 6.59. The normalized spacial score (nSPS) is 11.2. The predicted molar refractivity (Wildman–Crippen MR) is 106 cm³/mol. The quantitative estimate of drug-likeness (QED) is 0.449. The number of rotatable bonds is 9. The summed E-state index contributed by atoms with van der Waals surface area (Å²) in [4.78, 5) is 21.1. The van der Waals surface area contributed by atoms with Crippen molar-refractivity contribution in [1.82, 2.24) is 9.97 Å². The van der Waals surface area contributed by atoms with E-state index in [1.807, 2.05) is 24.3 Å². The number of nitro groups is 1. The molecule has 0 bridgehead atoms. The Bertz CT molecular complexity index is 939. The lowest BCUT2D eigenvalue weighted by atomic mass is 10.1. The number of nitro benzene ring substituents is 1. The molecule has 0 radical (unpaired) electrons. The molecular weight excluding hydrogens is 360 g/mol. The van der Waals surface area contributed by atoms with Gasteiger partial charge in [0.25, 0.3) is 5.69 Å². The van der Waals surface area contributed by atoms with E-state index in [2.05, 4.69) is 4.98 Å². The molecule has 0 saturated carbocycles. The molecule has 0 atom stereocenters. The van der Waals surface area contributed by atoms with Crippen molar-refractivity contribution in [3.63, 3.8) is 0 Å². The van der Waals surface area contributed by atoms with E-state index >= 15 is 0 Å². The summed E-state index contributed by atoms with van der Waals surface area (Å²) in [6.07, 6.45) is 0. The van der Waals surface area contributed by atoms with Gasteiger partial charge >= 0.3 is 0 Å². The van der Waals surface area contributed by atoms with Crippen LogP contribution in [0.1, 0.15) is 0 Å². The van der Waals surface area contributed by atoms with Crippen molar-refractivity contribution >= 4 is 22.4 Å². The van der Waals surface area contributed by atoms with E-state index in [-0.39, 0.29) is 5.69 Å². The molecule has 2 aromatic carbocycles. The van der Waals surface area contributed by atoms with Gasteiger partial charge in [-0.1, -0.05) is 12.1 Å². The van der Waals surface area contributed by atoms with Crippen molar-refractivity contribution in [2.24, 2.45) is 0 Å². The number of quaternary nitrogens is 1. The van der Waals surface area contributed by atoms with Gasteiger partial charge in [-0.2, -0.15) is 4.98 Å². The van der Waals surface area contributed by atoms with Crippen LogP contribution in [-0.4, -0.2) is 55.4 Å². The summed E-state index contributed by atoms with van der Waals surface area (Å²) < 4.78 is 10.5. The number of fused-ring (bicyclic) bond motifs is 1. The molecule has 0 aliphatic heterocycles.